The van der Waals surface area contributed by atoms with Crippen molar-refractivity contribution in [3.05, 3.63) is 35.6 Å². The lowest BCUT2D eigenvalue weighted by Gasteiger charge is -2.32. The molecule has 0 aliphatic carbocycles. The Kier molecular flexibility index (Phi) is 7.33. The van der Waals surface area contributed by atoms with E-state index >= 15 is 0 Å². The smallest absolute Gasteiger partial charge is 0.249 e. The van der Waals surface area contributed by atoms with Crippen LogP contribution in [-0.2, 0) is 11.3 Å². The number of rotatable bonds is 7. The van der Waals surface area contributed by atoms with E-state index < -0.39 is 6.10 Å². The monoisotopic (exact) mass is 340 g/mol. The van der Waals surface area contributed by atoms with Crippen LogP contribution in [0.3, 0.4) is 0 Å². The SMILES string of the molecule is CSCC[C@@H](O)C(=O)NC1CCN(Cc2ccc(F)cc2)CC1. The molecule has 1 amide bonds. The summed E-state index contributed by atoms with van der Waals surface area (Å²) in [4.78, 5) is 14.2. The van der Waals surface area contributed by atoms with E-state index in [1.165, 1.54) is 12.1 Å². The number of nitrogens with one attached hydrogen (secondary N) is 1. The fourth-order valence-corrected chi connectivity index (χ4v) is 3.20. The van der Waals surface area contributed by atoms with Crippen LogP contribution in [0, 0.1) is 5.82 Å². The Labute approximate surface area is 141 Å². The van der Waals surface area contributed by atoms with Crippen LogP contribution in [0.1, 0.15) is 24.8 Å². The number of hydrogen-bond acceptors (Lipinski definition) is 4. The van der Waals surface area contributed by atoms with Gasteiger partial charge in [-0.15, -0.1) is 0 Å². The molecule has 1 saturated heterocycles. The van der Waals surface area contributed by atoms with Gasteiger partial charge in [-0.2, -0.15) is 11.8 Å². The van der Waals surface area contributed by atoms with Crippen LogP contribution >= 0.6 is 11.8 Å². The molecule has 4 nitrogen and oxygen atoms in total. The lowest BCUT2D eigenvalue weighted by Crippen LogP contribution is -2.47. The first-order valence-corrected chi connectivity index (χ1v) is 9.42. The Bertz CT molecular complexity index is 490. The van der Waals surface area contributed by atoms with Crippen LogP contribution < -0.4 is 5.32 Å². The molecule has 0 unspecified atom stereocenters. The largest absolute Gasteiger partial charge is 0.383 e. The van der Waals surface area contributed by atoms with Gasteiger partial charge in [0.2, 0.25) is 5.91 Å². The van der Waals surface area contributed by atoms with Crippen LogP contribution in [0.15, 0.2) is 24.3 Å². The van der Waals surface area contributed by atoms with Crippen molar-refractivity contribution in [3.8, 4) is 0 Å². The summed E-state index contributed by atoms with van der Waals surface area (Å²) in [5, 5.41) is 12.7. The number of hydrogen-bond donors (Lipinski definition) is 2. The van der Waals surface area contributed by atoms with Crippen molar-refractivity contribution in [1.29, 1.82) is 0 Å². The van der Waals surface area contributed by atoms with Crippen molar-refractivity contribution < 1.29 is 14.3 Å². The maximum atomic E-state index is 12.9. The highest BCUT2D eigenvalue weighted by atomic mass is 32.2. The summed E-state index contributed by atoms with van der Waals surface area (Å²) in [6.07, 6.45) is 3.31. The summed E-state index contributed by atoms with van der Waals surface area (Å²) in [6.45, 7) is 2.59. The average molecular weight is 340 g/mol. The molecule has 0 bridgehead atoms. The zero-order valence-corrected chi connectivity index (χ0v) is 14.3. The van der Waals surface area contributed by atoms with Gasteiger partial charge in [-0.05, 0) is 49.0 Å². The third kappa shape index (κ3) is 6.12. The summed E-state index contributed by atoms with van der Waals surface area (Å²) in [6, 6.07) is 6.73. The van der Waals surface area contributed by atoms with E-state index in [-0.39, 0.29) is 17.8 Å². The molecule has 0 spiro atoms. The predicted molar refractivity (Wildman–Crippen MR) is 91.8 cm³/mol. The molecular weight excluding hydrogens is 315 g/mol. The number of aliphatic hydroxyl groups excluding tert-OH is 1. The lowest BCUT2D eigenvalue weighted by molar-refractivity contribution is -0.130. The highest BCUT2D eigenvalue weighted by Gasteiger charge is 2.23. The number of benzene rings is 1. The Balaban J connectivity index is 1.71. The molecule has 0 radical (unpaired) electrons. The Morgan fingerprint density at radius 2 is 2.04 bits per heavy atom. The van der Waals surface area contributed by atoms with Gasteiger partial charge in [0, 0.05) is 25.7 Å². The van der Waals surface area contributed by atoms with Gasteiger partial charge in [0.15, 0.2) is 0 Å². The zero-order valence-electron chi connectivity index (χ0n) is 13.5. The maximum Gasteiger partial charge on any atom is 0.249 e. The standard InChI is InChI=1S/C17H25FN2O2S/c1-23-11-8-16(21)17(22)19-15-6-9-20(10-7-15)12-13-2-4-14(18)5-3-13/h2-5,15-16,21H,6-12H2,1H3,(H,19,22)/t16-/m1/s1. The number of nitrogens with zero attached hydrogens (tertiary/aromatic N) is 1. The van der Waals surface area contributed by atoms with Crippen LogP contribution in [0.5, 0.6) is 0 Å². The van der Waals surface area contributed by atoms with Crippen molar-refractivity contribution in [3.63, 3.8) is 0 Å². The second kappa shape index (κ2) is 9.25. The third-order valence-electron chi connectivity index (χ3n) is 4.15. The molecule has 1 aromatic carbocycles. The Hall–Kier alpha value is -1.11. The molecule has 2 N–H and O–H groups in total. The molecule has 128 valence electrons. The number of halogens is 1. The minimum atomic E-state index is -0.903. The minimum absolute atomic E-state index is 0.135. The van der Waals surface area contributed by atoms with Crippen LogP contribution in [-0.4, -0.2) is 53.2 Å². The number of piperidine rings is 1. The van der Waals surface area contributed by atoms with E-state index in [2.05, 4.69) is 10.2 Å². The zero-order chi connectivity index (χ0) is 16.7. The summed E-state index contributed by atoms with van der Waals surface area (Å²) < 4.78 is 12.9. The number of carbonyl (C=O) groups is 1. The van der Waals surface area contributed by atoms with Gasteiger partial charge >= 0.3 is 0 Å². The predicted octanol–water partition coefficient (Wildman–Crippen LogP) is 2.02. The quantitative estimate of drug-likeness (QED) is 0.797. The molecule has 1 fully saturated rings. The first-order chi connectivity index (χ1) is 11.1. The van der Waals surface area contributed by atoms with E-state index in [1.54, 1.807) is 11.8 Å². The summed E-state index contributed by atoms with van der Waals surface area (Å²) in [5.74, 6) is 0.316. The molecule has 6 heteroatoms. The molecule has 0 saturated carbocycles. The molecule has 0 aromatic heterocycles. The summed E-state index contributed by atoms with van der Waals surface area (Å²) in [5.41, 5.74) is 1.10. The van der Waals surface area contributed by atoms with Gasteiger partial charge < -0.3 is 10.4 Å². The normalized spacial score (nSPS) is 17.9. The van der Waals surface area contributed by atoms with E-state index in [1.807, 2.05) is 18.4 Å². The number of likely N-dealkylation sites (tertiary alicyclic amines) is 1. The van der Waals surface area contributed by atoms with Crippen molar-refractivity contribution in [2.75, 3.05) is 25.1 Å². The Morgan fingerprint density at radius 1 is 1.39 bits per heavy atom. The van der Waals surface area contributed by atoms with Gasteiger partial charge in [-0.25, -0.2) is 4.39 Å². The molecule has 1 aliphatic heterocycles. The first-order valence-electron chi connectivity index (χ1n) is 8.02. The van der Waals surface area contributed by atoms with Gasteiger partial charge in [-0.1, -0.05) is 12.1 Å². The van der Waals surface area contributed by atoms with Crippen molar-refractivity contribution >= 4 is 17.7 Å². The molecular formula is C17H25FN2O2S. The van der Waals surface area contributed by atoms with E-state index in [9.17, 15) is 14.3 Å². The number of thioether (sulfide) groups is 1. The molecule has 2 rings (SSSR count). The first kappa shape index (κ1) is 18.2. The Morgan fingerprint density at radius 3 is 2.65 bits per heavy atom. The second-order valence-electron chi connectivity index (χ2n) is 5.98. The second-order valence-corrected chi connectivity index (χ2v) is 6.97. The van der Waals surface area contributed by atoms with Gasteiger partial charge in [0.25, 0.3) is 0 Å². The van der Waals surface area contributed by atoms with Crippen LogP contribution in [0.2, 0.25) is 0 Å². The van der Waals surface area contributed by atoms with Gasteiger partial charge in [-0.3, -0.25) is 9.69 Å². The fourth-order valence-electron chi connectivity index (χ4n) is 2.74. The topological polar surface area (TPSA) is 52.6 Å². The van der Waals surface area contributed by atoms with E-state index in [0.29, 0.717) is 6.42 Å². The number of amides is 1. The van der Waals surface area contributed by atoms with E-state index in [0.717, 1.165) is 43.8 Å². The molecule has 1 aromatic rings. The summed E-state index contributed by atoms with van der Waals surface area (Å²) >= 11 is 1.63. The fraction of sp³-hybridized carbons (Fsp3) is 0.588. The lowest BCUT2D eigenvalue weighted by atomic mass is 10.0. The van der Waals surface area contributed by atoms with E-state index in [4.69, 9.17) is 0 Å². The van der Waals surface area contributed by atoms with Crippen molar-refractivity contribution in [2.45, 2.75) is 38.0 Å². The van der Waals surface area contributed by atoms with Crippen molar-refractivity contribution in [1.82, 2.24) is 10.2 Å². The highest BCUT2D eigenvalue weighted by molar-refractivity contribution is 7.98. The molecule has 1 heterocycles. The minimum Gasteiger partial charge on any atom is -0.383 e. The van der Waals surface area contributed by atoms with Gasteiger partial charge in [0.05, 0.1) is 0 Å². The highest BCUT2D eigenvalue weighted by Crippen LogP contribution is 2.14. The molecule has 1 atom stereocenters. The summed E-state index contributed by atoms with van der Waals surface area (Å²) in [7, 11) is 0. The average Bonchev–Trinajstić information content (AvgIpc) is 2.56. The number of carbonyl (C=O) groups excluding carboxylic acids is 1. The molecule has 1 aliphatic rings. The number of aliphatic hydroxyl groups is 1. The third-order valence-corrected chi connectivity index (χ3v) is 4.80. The van der Waals surface area contributed by atoms with Crippen LogP contribution in [0.25, 0.3) is 0 Å². The molecule has 23 heavy (non-hydrogen) atoms. The van der Waals surface area contributed by atoms with Gasteiger partial charge in [0.1, 0.15) is 11.9 Å². The van der Waals surface area contributed by atoms with Crippen LogP contribution in [0.4, 0.5) is 4.39 Å². The maximum absolute atomic E-state index is 12.9. The van der Waals surface area contributed by atoms with Crippen molar-refractivity contribution in [2.24, 2.45) is 0 Å².